The zero-order valence-corrected chi connectivity index (χ0v) is 29.1. The molecule has 0 saturated carbocycles. The second-order valence-corrected chi connectivity index (χ2v) is 19.9. The molecule has 2 heteroatoms. The van der Waals surface area contributed by atoms with Gasteiger partial charge in [0.15, 0.2) is 0 Å². The molecule has 0 aliphatic carbocycles. The van der Waals surface area contributed by atoms with Crippen LogP contribution in [0.1, 0.15) is 202 Å². The molecule has 2 saturated heterocycles. The summed E-state index contributed by atoms with van der Waals surface area (Å²) in [5, 5.41) is 2.72. The molecule has 0 bridgehead atoms. The van der Waals surface area contributed by atoms with E-state index in [4.69, 9.17) is 0 Å². The van der Waals surface area contributed by atoms with E-state index in [9.17, 15) is 0 Å². The molecule has 2 unspecified atom stereocenters. The molecule has 0 N–H and O–H groups in total. The van der Waals surface area contributed by atoms with Gasteiger partial charge in [-0.1, -0.05) is 160 Å². The fraction of sp³-hybridized carbons (Fsp3) is 1.00. The first-order valence-corrected chi connectivity index (χ1v) is 21.4. The van der Waals surface area contributed by atoms with E-state index < -0.39 is 0 Å². The molecule has 2 atom stereocenters. The first-order chi connectivity index (χ1) is 18.6. The molecule has 0 aromatic rings. The van der Waals surface area contributed by atoms with Crippen LogP contribution in [0.4, 0.5) is 0 Å². The van der Waals surface area contributed by atoms with Crippen LogP contribution in [0.5, 0.6) is 0 Å². The summed E-state index contributed by atoms with van der Waals surface area (Å²) in [6, 6.07) is 0. The third kappa shape index (κ3) is 10.9. The monoisotopic (exact) mass is 567 g/mol. The topological polar surface area (TPSA) is 0 Å². The van der Waals surface area contributed by atoms with Crippen molar-refractivity contribution < 1.29 is 0 Å². The lowest BCUT2D eigenvalue weighted by molar-refractivity contribution is 0.428. The summed E-state index contributed by atoms with van der Waals surface area (Å²) in [5.74, 6) is 0. The Labute approximate surface area is 244 Å². The Morgan fingerprint density at radius 1 is 0.447 bits per heavy atom. The molecule has 2 heterocycles. The standard InChI is InChI=1S/C36H72P2/c1-6-11-16-17-18-25-34(37-32-23-30-35(37,26-19-12-7-2)27-20-13-8-3)38-33-24-31-36(38,28-21-14-9-4)29-22-15-10-5/h34H,6-33H2,1-5H3. The van der Waals surface area contributed by atoms with Gasteiger partial charge in [0.2, 0.25) is 0 Å². The van der Waals surface area contributed by atoms with Gasteiger partial charge in [-0.3, -0.25) is 0 Å². The van der Waals surface area contributed by atoms with E-state index in [-0.39, 0.29) is 15.8 Å². The van der Waals surface area contributed by atoms with Crippen LogP contribution in [-0.2, 0) is 0 Å². The van der Waals surface area contributed by atoms with Gasteiger partial charge in [-0.2, -0.15) is 0 Å². The molecule has 38 heavy (non-hydrogen) atoms. The fourth-order valence-corrected chi connectivity index (χ4v) is 19.4. The van der Waals surface area contributed by atoms with E-state index in [2.05, 4.69) is 34.6 Å². The highest BCUT2D eigenvalue weighted by atomic mass is 31.2. The Bertz CT molecular complexity index is 496. The average Bonchev–Trinajstić information content (AvgIpc) is 3.52. The SMILES string of the molecule is CCCCCCCC(P1CCCC1(CCCCC)CCCCC)P1CCCC1(CCCCC)CCCCC. The molecule has 0 nitrogen and oxygen atoms in total. The van der Waals surface area contributed by atoms with Gasteiger partial charge >= 0.3 is 0 Å². The molecular formula is C36H72P2. The van der Waals surface area contributed by atoms with Gasteiger partial charge in [0.05, 0.1) is 0 Å². The van der Waals surface area contributed by atoms with Crippen LogP contribution in [0.2, 0.25) is 0 Å². The van der Waals surface area contributed by atoms with E-state index in [0.717, 1.165) is 15.7 Å². The molecule has 2 rings (SSSR count). The molecule has 0 aromatic heterocycles. The van der Waals surface area contributed by atoms with Gasteiger partial charge in [-0.25, -0.2) is 0 Å². The molecule has 2 fully saturated rings. The van der Waals surface area contributed by atoms with Crippen LogP contribution in [0.3, 0.4) is 0 Å². The molecular weight excluding hydrogens is 494 g/mol. The lowest BCUT2D eigenvalue weighted by Gasteiger charge is -2.49. The van der Waals surface area contributed by atoms with Crippen LogP contribution < -0.4 is 0 Å². The number of rotatable bonds is 24. The maximum absolute atomic E-state index is 2.42. The van der Waals surface area contributed by atoms with E-state index in [1.807, 2.05) is 0 Å². The average molecular weight is 567 g/mol. The van der Waals surface area contributed by atoms with Crippen LogP contribution in [0, 0.1) is 0 Å². The van der Waals surface area contributed by atoms with Gasteiger partial charge in [0.25, 0.3) is 0 Å². The molecule has 0 amide bonds. The van der Waals surface area contributed by atoms with Crippen LogP contribution in [0.25, 0.3) is 0 Å². The Morgan fingerprint density at radius 2 is 0.789 bits per heavy atom. The highest BCUT2D eigenvalue weighted by Crippen LogP contribution is 2.78. The Balaban J connectivity index is 2.35. The fourth-order valence-electron chi connectivity index (χ4n) is 8.40. The van der Waals surface area contributed by atoms with Crippen molar-refractivity contribution >= 4 is 15.8 Å². The molecule has 0 spiro atoms. The minimum Gasteiger partial charge on any atom is -0.0927 e. The van der Waals surface area contributed by atoms with E-state index >= 15 is 0 Å². The summed E-state index contributed by atoms with van der Waals surface area (Å²) in [6.45, 7) is 12.1. The van der Waals surface area contributed by atoms with E-state index in [1.165, 1.54) is 103 Å². The zero-order valence-electron chi connectivity index (χ0n) is 27.3. The summed E-state index contributed by atoms with van der Waals surface area (Å²) in [4.78, 5) is 0. The largest absolute Gasteiger partial charge is 0.0927 e. The second-order valence-electron chi connectivity index (χ2n) is 13.6. The first kappa shape index (κ1) is 35.1. The predicted octanol–water partition coefficient (Wildman–Crippen LogP) is 14.0. The Morgan fingerprint density at radius 3 is 1.16 bits per heavy atom. The van der Waals surface area contributed by atoms with Crippen LogP contribution in [0.15, 0.2) is 0 Å². The van der Waals surface area contributed by atoms with Crippen molar-refractivity contribution in [2.24, 2.45) is 0 Å². The summed E-state index contributed by atoms with van der Waals surface area (Å²) < 4.78 is 0. The summed E-state index contributed by atoms with van der Waals surface area (Å²) in [5.41, 5.74) is 0. The summed E-state index contributed by atoms with van der Waals surface area (Å²) in [6.07, 6.45) is 42.8. The highest BCUT2D eigenvalue weighted by Gasteiger charge is 2.52. The molecule has 2 aliphatic heterocycles. The summed E-state index contributed by atoms with van der Waals surface area (Å²) >= 11 is 0. The number of hydrogen-bond acceptors (Lipinski definition) is 0. The predicted molar refractivity (Wildman–Crippen MR) is 181 cm³/mol. The van der Waals surface area contributed by atoms with Gasteiger partial charge in [0, 0.05) is 5.40 Å². The lowest BCUT2D eigenvalue weighted by Crippen LogP contribution is -2.32. The Hall–Kier alpha value is 0.860. The minimum atomic E-state index is 0.208. The number of unbranched alkanes of at least 4 members (excludes halogenated alkanes) is 12. The summed E-state index contributed by atoms with van der Waals surface area (Å²) in [7, 11) is 0.416. The first-order valence-electron chi connectivity index (χ1n) is 18.2. The van der Waals surface area contributed by atoms with Crippen LogP contribution >= 0.6 is 15.8 Å². The molecule has 0 radical (unpaired) electrons. The van der Waals surface area contributed by atoms with Crippen molar-refractivity contribution in [1.29, 1.82) is 0 Å². The third-order valence-electron chi connectivity index (χ3n) is 10.6. The van der Waals surface area contributed by atoms with Gasteiger partial charge < -0.3 is 0 Å². The van der Waals surface area contributed by atoms with Gasteiger partial charge in [-0.15, -0.1) is 0 Å². The molecule has 2 aliphatic rings. The van der Waals surface area contributed by atoms with Crippen molar-refractivity contribution in [3.8, 4) is 0 Å². The zero-order chi connectivity index (χ0) is 27.5. The third-order valence-corrected chi connectivity index (χ3v) is 19.6. The maximum atomic E-state index is 2.42. The van der Waals surface area contributed by atoms with Gasteiger partial charge in [0.1, 0.15) is 0 Å². The van der Waals surface area contributed by atoms with Gasteiger partial charge in [-0.05, 0) is 80.4 Å². The van der Waals surface area contributed by atoms with E-state index in [1.54, 1.807) is 76.5 Å². The van der Waals surface area contributed by atoms with Crippen molar-refractivity contribution in [3.05, 3.63) is 0 Å². The van der Waals surface area contributed by atoms with Crippen molar-refractivity contribution in [1.82, 2.24) is 0 Å². The quantitative estimate of drug-likeness (QED) is 0.0805. The molecule has 0 aromatic carbocycles. The molecule has 226 valence electrons. The second kappa shape index (κ2) is 20.7. The van der Waals surface area contributed by atoms with Crippen molar-refractivity contribution in [2.75, 3.05) is 12.3 Å². The van der Waals surface area contributed by atoms with Crippen LogP contribution in [-0.4, -0.2) is 28.0 Å². The van der Waals surface area contributed by atoms with Crippen molar-refractivity contribution in [3.63, 3.8) is 0 Å². The normalized spacial score (nSPS) is 23.3. The Kier molecular flexibility index (Phi) is 19.1. The van der Waals surface area contributed by atoms with E-state index in [0.29, 0.717) is 0 Å². The smallest absolute Gasteiger partial charge is 0.000412 e. The number of hydrogen-bond donors (Lipinski definition) is 0. The maximum Gasteiger partial charge on any atom is 0.000412 e. The highest BCUT2D eigenvalue weighted by molar-refractivity contribution is 7.77. The lowest BCUT2D eigenvalue weighted by atomic mass is 9.90. The minimum absolute atomic E-state index is 0.208. The van der Waals surface area contributed by atoms with Crippen molar-refractivity contribution in [2.45, 2.75) is 217 Å².